The molecule has 0 fully saturated rings. The Kier molecular flexibility index (Phi) is 7.22. The third-order valence-corrected chi connectivity index (χ3v) is 8.26. The fraction of sp³-hybridized carbons (Fsp3) is 0.152. The van der Waals surface area contributed by atoms with Crippen molar-refractivity contribution in [2.24, 2.45) is 0 Å². The number of aromatic nitrogens is 2. The summed E-state index contributed by atoms with van der Waals surface area (Å²) in [6.45, 7) is 6.85. The maximum atomic E-state index is 7.49. The summed E-state index contributed by atoms with van der Waals surface area (Å²) in [5.74, 6) is 0. The summed E-state index contributed by atoms with van der Waals surface area (Å²) in [5.41, 5.74) is 6.39. The Balaban J connectivity index is 0.000000233. The molecule has 5 heteroatoms. The number of hydrogen-bond donors (Lipinski definition) is 0. The molecule has 0 saturated heterocycles. The summed E-state index contributed by atoms with van der Waals surface area (Å²) in [6, 6.07) is 31.9. The first kappa shape index (κ1) is 23.7. The van der Waals surface area contributed by atoms with Crippen molar-refractivity contribution in [1.29, 1.82) is 0 Å². The van der Waals surface area contributed by atoms with Crippen LogP contribution in [-0.4, -0.2) is 18.0 Å². The molecule has 3 aromatic carbocycles. The van der Waals surface area contributed by atoms with Crippen molar-refractivity contribution in [1.82, 2.24) is 9.97 Å². The zero-order chi connectivity index (χ0) is 28.5. The third-order valence-electron chi connectivity index (χ3n) is 6.21. The smallest absolute Gasteiger partial charge is 0.120 e. The maximum Gasteiger partial charge on any atom is 0.120 e. The van der Waals surface area contributed by atoms with E-state index in [4.69, 9.17) is 8.53 Å². The third kappa shape index (κ3) is 6.02. The van der Waals surface area contributed by atoms with Crippen molar-refractivity contribution in [3.8, 4) is 22.5 Å². The van der Waals surface area contributed by atoms with Crippen LogP contribution in [0.15, 0.2) is 95.7 Å². The van der Waals surface area contributed by atoms with Gasteiger partial charge in [-0.1, -0.05) is 72.2 Å². The van der Waals surface area contributed by atoms with E-state index in [2.05, 4.69) is 59.9 Å². The first-order valence-electron chi connectivity index (χ1n) is 13.7. The van der Waals surface area contributed by atoms with Gasteiger partial charge in [-0.15, -0.1) is 54.1 Å². The van der Waals surface area contributed by atoms with Gasteiger partial charge in [0.15, 0.2) is 0 Å². The van der Waals surface area contributed by atoms with Gasteiger partial charge in [0, 0.05) is 42.0 Å². The molecule has 193 valence electrons. The van der Waals surface area contributed by atoms with Crippen LogP contribution in [0, 0.1) is 25.9 Å². The Morgan fingerprint density at radius 1 is 0.789 bits per heavy atom. The Labute approximate surface area is 243 Å². The number of rotatable bonds is 3. The average molecular weight is 694 g/mol. The molecule has 6 rings (SSSR count). The number of nitrogens with zero attached hydrogens (tertiary/aromatic N) is 2. The van der Waals surface area contributed by atoms with E-state index >= 15 is 0 Å². The summed E-state index contributed by atoms with van der Waals surface area (Å²) in [6.07, 6.45) is 3.27. The van der Waals surface area contributed by atoms with Gasteiger partial charge in [0.25, 0.3) is 0 Å². The molecule has 0 aliphatic heterocycles. The topological polar surface area (TPSA) is 38.9 Å². The molecule has 3 nitrogen and oxygen atoms in total. The summed E-state index contributed by atoms with van der Waals surface area (Å²) in [4.78, 5) is 8.67. The van der Waals surface area contributed by atoms with Crippen molar-refractivity contribution < 1.29 is 28.6 Å². The van der Waals surface area contributed by atoms with Crippen molar-refractivity contribution in [2.75, 3.05) is 0 Å². The Bertz CT molecular complexity index is 1760. The minimum Gasteiger partial charge on any atom is -0.501 e. The predicted molar refractivity (Wildman–Crippen MR) is 157 cm³/mol. The normalized spacial score (nSPS) is 12.6. The molecule has 38 heavy (non-hydrogen) atoms. The fourth-order valence-corrected chi connectivity index (χ4v) is 5.28. The van der Waals surface area contributed by atoms with E-state index in [0.29, 0.717) is 5.69 Å². The second kappa shape index (κ2) is 11.6. The van der Waals surface area contributed by atoms with Crippen LogP contribution in [0.3, 0.4) is 0 Å². The molecule has 1 radical (unpaired) electrons. The number of fused-ring (bicyclic) bond motifs is 3. The van der Waals surface area contributed by atoms with Crippen LogP contribution < -0.4 is 5.19 Å². The van der Waals surface area contributed by atoms with E-state index in [-0.39, 0.29) is 25.7 Å². The molecule has 0 aliphatic carbocycles. The van der Waals surface area contributed by atoms with Crippen LogP contribution in [-0.2, 0) is 20.1 Å². The minimum absolute atomic E-state index is 0. The Morgan fingerprint density at radius 2 is 1.55 bits per heavy atom. The molecule has 0 saturated carbocycles. The standard InChI is InChI=1S/C21H20NOSi.C12H10N.Ir/c1-14-8-10-19(22-13-14)17-7-5-6-16-18-12-15(24(2,3)4)9-11-20(18)23-21(16)17;1-10-7-8-12(13-9-10)11-5-3-2-4-6-11;/h5-6,8-13H,1-4H3;2-5,7-9H,1H3;/q2*-1;/i1D3;;. The number of hydrogen-bond acceptors (Lipinski definition) is 3. The molecule has 3 aromatic heterocycles. The van der Waals surface area contributed by atoms with Gasteiger partial charge in [0.2, 0.25) is 0 Å². The molecule has 0 bridgehead atoms. The number of furan rings is 1. The van der Waals surface area contributed by atoms with Crippen LogP contribution in [0.5, 0.6) is 0 Å². The Morgan fingerprint density at radius 3 is 2.21 bits per heavy atom. The first-order valence-corrected chi connectivity index (χ1v) is 15.7. The van der Waals surface area contributed by atoms with Gasteiger partial charge in [-0.3, -0.25) is 0 Å². The van der Waals surface area contributed by atoms with Crippen molar-refractivity contribution in [3.63, 3.8) is 0 Å². The van der Waals surface area contributed by atoms with E-state index < -0.39 is 14.9 Å². The SMILES string of the molecule is Cc1ccc(-c2[c-]cccc2)nc1.[2H]C([2H])([2H])c1ccc(-c2[c-]ccc3c2oc2ccc([Si](C)(C)C)cc23)nc1.[Ir]. The van der Waals surface area contributed by atoms with E-state index in [1.807, 2.05) is 61.7 Å². The fourth-order valence-electron chi connectivity index (χ4n) is 4.12. The zero-order valence-corrected chi connectivity index (χ0v) is 25.2. The van der Waals surface area contributed by atoms with Gasteiger partial charge in [0.1, 0.15) is 5.58 Å². The van der Waals surface area contributed by atoms with Crippen LogP contribution in [0.1, 0.15) is 15.2 Å². The van der Waals surface area contributed by atoms with Gasteiger partial charge in [0.05, 0.1) is 13.7 Å². The predicted octanol–water partition coefficient (Wildman–Crippen LogP) is 8.16. The average Bonchev–Trinajstić information content (AvgIpc) is 3.32. The van der Waals surface area contributed by atoms with Gasteiger partial charge in [-0.05, 0) is 42.4 Å². The number of benzene rings is 3. The maximum absolute atomic E-state index is 7.49. The monoisotopic (exact) mass is 694 g/mol. The van der Waals surface area contributed by atoms with Crippen LogP contribution in [0.25, 0.3) is 44.5 Å². The molecular weight excluding hydrogens is 661 g/mol. The van der Waals surface area contributed by atoms with Gasteiger partial charge in [-0.25, -0.2) is 0 Å². The summed E-state index contributed by atoms with van der Waals surface area (Å²) < 4.78 is 28.6. The Hall–Kier alpha value is -3.37. The van der Waals surface area contributed by atoms with Crippen LogP contribution in [0.2, 0.25) is 19.6 Å². The molecular formula is C33H30IrN2OSi-2. The van der Waals surface area contributed by atoms with Crippen molar-refractivity contribution in [2.45, 2.75) is 33.4 Å². The second-order valence-corrected chi connectivity index (χ2v) is 15.2. The molecule has 0 amide bonds. The summed E-state index contributed by atoms with van der Waals surface area (Å²) in [7, 11) is -1.43. The minimum atomic E-state index is -2.16. The summed E-state index contributed by atoms with van der Waals surface area (Å²) >= 11 is 0. The van der Waals surface area contributed by atoms with E-state index in [1.54, 1.807) is 12.1 Å². The summed E-state index contributed by atoms with van der Waals surface area (Å²) in [5, 5.41) is 3.51. The van der Waals surface area contributed by atoms with Gasteiger partial charge < -0.3 is 14.4 Å². The molecule has 0 aliphatic rings. The van der Waals surface area contributed by atoms with E-state index in [1.165, 1.54) is 16.9 Å². The molecule has 0 spiro atoms. The molecule has 6 aromatic rings. The van der Waals surface area contributed by atoms with Gasteiger partial charge >= 0.3 is 0 Å². The van der Waals surface area contributed by atoms with Crippen LogP contribution in [0.4, 0.5) is 0 Å². The van der Waals surface area contributed by atoms with Crippen molar-refractivity contribution in [3.05, 3.63) is 115 Å². The molecule has 0 unspecified atom stereocenters. The molecule has 3 heterocycles. The quantitative estimate of drug-likeness (QED) is 0.139. The number of aryl methyl sites for hydroxylation is 2. The van der Waals surface area contributed by atoms with Gasteiger partial charge in [-0.2, -0.15) is 0 Å². The number of pyridine rings is 2. The molecule has 0 N–H and O–H groups in total. The largest absolute Gasteiger partial charge is 0.501 e. The second-order valence-electron chi connectivity index (χ2n) is 10.1. The first-order chi connectivity index (χ1) is 19.0. The van der Waals surface area contributed by atoms with Crippen molar-refractivity contribution >= 4 is 35.2 Å². The molecule has 0 atom stereocenters. The van der Waals surface area contributed by atoms with E-state index in [0.717, 1.165) is 38.8 Å². The van der Waals surface area contributed by atoms with E-state index in [9.17, 15) is 0 Å². The van der Waals surface area contributed by atoms with Crippen LogP contribution >= 0.6 is 0 Å². The zero-order valence-electron chi connectivity index (χ0n) is 24.8.